The molecule has 0 bridgehead atoms. The Morgan fingerprint density at radius 2 is 2.21 bits per heavy atom. The smallest absolute Gasteiger partial charge is 0.241 e. The van der Waals surface area contributed by atoms with Crippen LogP contribution in [0.3, 0.4) is 0 Å². The average molecular weight is 259 g/mol. The van der Waals surface area contributed by atoms with Crippen LogP contribution < -0.4 is 10.2 Å². The molecule has 1 N–H and O–H groups in total. The molecule has 2 heterocycles. The molecule has 1 aliphatic carbocycles. The van der Waals surface area contributed by atoms with E-state index in [0.717, 1.165) is 12.5 Å². The standard InChI is InChI=1S/C12H17N7/c1-3-19(9-4-5-9)12-16-10(13-2)15-11(17-12)18-7-6-14-8-18/h6-9H,3-5H2,1-2H3,(H,13,15,16,17). The molecule has 1 fully saturated rings. The molecule has 1 saturated carbocycles. The predicted octanol–water partition coefficient (Wildman–Crippen LogP) is 1.09. The van der Waals surface area contributed by atoms with Crippen LogP contribution in [-0.2, 0) is 0 Å². The monoisotopic (exact) mass is 259 g/mol. The van der Waals surface area contributed by atoms with Crippen molar-refractivity contribution in [3.8, 4) is 5.95 Å². The zero-order chi connectivity index (χ0) is 13.2. The van der Waals surface area contributed by atoms with E-state index >= 15 is 0 Å². The fourth-order valence-electron chi connectivity index (χ4n) is 2.04. The molecule has 7 heteroatoms. The molecule has 0 aromatic carbocycles. The minimum Gasteiger partial charge on any atom is -0.357 e. The van der Waals surface area contributed by atoms with Gasteiger partial charge < -0.3 is 10.2 Å². The summed E-state index contributed by atoms with van der Waals surface area (Å²) in [5, 5.41) is 2.99. The van der Waals surface area contributed by atoms with Gasteiger partial charge in [-0.3, -0.25) is 4.57 Å². The fraction of sp³-hybridized carbons (Fsp3) is 0.500. The molecule has 1 aliphatic rings. The highest BCUT2D eigenvalue weighted by Crippen LogP contribution is 2.29. The number of nitrogens with zero attached hydrogens (tertiary/aromatic N) is 6. The highest BCUT2D eigenvalue weighted by atomic mass is 15.4. The third kappa shape index (κ3) is 2.35. The molecule has 0 spiro atoms. The van der Waals surface area contributed by atoms with E-state index in [2.05, 4.69) is 37.1 Å². The SMILES string of the molecule is CCN(c1nc(NC)nc(-n2ccnc2)n1)C1CC1. The third-order valence-electron chi connectivity index (χ3n) is 3.16. The Bertz CT molecular complexity index is 547. The first-order chi connectivity index (χ1) is 9.31. The van der Waals surface area contributed by atoms with Gasteiger partial charge in [-0.25, -0.2) is 4.98 Å². The summed E-state index contributed by atoms with van der Waals surface area (Å²) in [4.78, 5) is 19.6. The van der Waals surface area contributed by atoms with E-state index in [-0.39, 0.29) is 0 Å². The molecule has 2 aromatic rings. The number of nitrogens with one attached hydrogen (secondary N) is 1. The van der Waals surface area contributed by atoms with Crippen LogP contribution >= 0.6 is 0 Å². The topological polar surface area (TPSA) is 71.8 Å². The van der Waals surface area contributed by atoms with Crippen molar-refractivity contribution in [2.45, 2.75) is 25.8 Å². The number of aromatic nitrogens is 5. The van der Waals surface area contributed by atoms with Crippen LogP contribution in [-0.4, -0.2) is 44.1 Å². The first-order valence-corrected chi connectivity index (χ1v) is 6.50. The molecule has 19 heavy (non-hydrogen) atoms. The summed E-state index contributed by atoms with van der Waals surface area (Å²) in [6.45, 7) is 3.03. The van der Waals surface area contributed by atoms with Crippen LogP contribution in [0.4, 0.5) is 11.9 Å². The Morgan fingerprint density at radius 3 is 2.79 bits per heavy atom. The second-order valence-corrected chi connectivity index (χ2v) is 4.50. The number of rotatable bonds is 5. The van der Waals surface area contributed by atoms with Crippen molar-refractivity contribution in [1.29, 1.82) is 0 Å². The Kier molecular flexibility index (Phi) is 3.02. The molecule has 100 valence electrons. The van der Waals surface area contributed by atoms with Crippen LogP contribution in [0, 0.1) is 0 Å². The summed E-state index contributed by atoms with van der Waals surface area (Å²) in [6.07, 6.45) is 7.66. The van der Waals surface area contributed by atoms with E-state index in [1.807, 2.05) is 13.2 Å². The van der Waals surface area contributed by atoms with Gasteiger partial charge in [0.05, 0.1) is 0 Å². The molecule has 7 nitrogen and oxygen atoms in total. The van der Waals surface area contributed by atoms with Crippen molar-refractivity contribution in [2.24, 2.45) is 0 Å². The Hall–Kier alpha value is -2.18. The van der Waals surface area contributed by atoms with Crippen molar-refractivity contribution in [3.05, 3.63) is 18.7 Å². The molecule has 0 saturated heterocycles. The highest BCUT2D eigenvalue weighted by Gasteiger charge is 2.30. The molecule has 3 rings (SSSR count). The van der Waals surface area contributed by atoms with Crippen molar-refractivity contribution in [1.82, 2.24) is 24.5 Å². The zero-order valence-electron chi connectivity index (χ0n) is 11.1. The Labute approximate surface area is 111 Å². The molecule has 0 atom stereocenters. The van der Waals surface area contributed by atoms with Crippen LogP contribution in [0.2, 0.25) is 0 Å². The molecule has 2 aromatic heterocycles. The summed E-state index contributed by atoms with van der Waals surface area (Å²) in [6, 6.07) is 0.577. The van der Waals surface area contributed by atoms with Gasteiger partial charge in [0.25, 0.3) is 0 Å². The van der Waals surface area contributed by atoms with Gasteiger partial charge >= 0.3 is 0 Å². The minimum atomic E-state index is 0.577. The molecular formula is C12H17N7. The Morgan fingerprint density at radius 1 is 1.37 bits per heavy atom. The van der Waals surface area contributed by atoms with Gasteiger partial charge in [0.15, 0.2) is 0 Å². The second-order valence-electron chi connectivity index (χ2n) is 4.50. The number of anilines is 2. The van der Waals surface area contributed by atoms with Gasteiger partial charge in [0.2, 0.25) is 17.8 Å². The van der Waals surface area contributed by atoms with Crippen molar-refractivity contribution in [3.63, 3.8) is 0 Å². The lowest BCUT2D eigenvalue weighted by atomic mass is 10.5. The molecular weight excluding hydrogens is 242 g/mol. The summed E-state index contributed by atoms with van der Waals surface area (Å²) in [5.74, 6) is 1.90. The molecule has 0 unspecified atom stereocenters. The lowest BCUT2D eigenvalue weighted by Gasteiger charge is -2.20. The first kappa shape index (κ1) is 11.9. The number of hydrogen-bond acceptors (Lipinski definition) is 6. The highest BCUT2D eigenvalue weighted by molar-refractivity contribution is 5.41. The largest absolute Gasteiger partial charge is 0.357 e. The lowest BCUT2D eigenvalue weighted by Crippen LogP contribution is -2.28. The summed E-state index contributed by atoms with van der Waals surface area (Å²) in [7, 11) is 1.81. The van der Waals surface area contributed by atoms with Crippen LogP contribution in [0.1, 0.15) is 19.8 Å². The van der Waals surface area contributed by atoms with Gasteiger partial charge in [-0.1, -0.05) is 0 Å². The van der Waals surface area contributed by atoms with Gasteiger partial charge in [-0.15, -0.1) is 0 Å². The van der Waals surface area contributed by atoms with E-state index in [1.165, 1.54) is 12.8 Å². The molecule has 0 amide bonds. The van der Waals surface area contributed by atoms with E-state index in [9.17, 15) is 0 Å². The van der Waals surface area contributed by atoms with Crippen molar-refractivity contribution in [2.75, 3.05) is 23.8 Å². The van der Waals surface area contributed by atoms with Crippen molar-refractivity contribution >= 4 is 11.9 Å². The number of imidazole rings is 1. The lowest BCUT2D eigenvalue weighted by molar-refractivity contribution is 0.768. The second kappa shape index (κ2) is 4.83. The van der Waals surface area contributed by atoms with Crippen LogP contribution in [0.15, 0.2) is 18.7 Å². The van der Waals surface area contributed by atoms with Gasteiger partial charge in [0.1, 0.15) is 6.33 Å². The maximum atomic E-state index is 4.54. The molecule has 0 aliphatic heterocycles. The Balaban J connectivity index is 2.01. The predicted molar refractivity (Wildman–Crippen MR) is 72.5 cm³/mol. The zero-order valence-corrected chi connectivity index (χ0v) is 11.1. The number of hydrogen-bond donors (Lipinski definition) is 1. The summed E-state index contributed by atoms with van der Waals surface area (Å²) >= 11 is 0. The van der Waals surface area contributed by atoms with Crippen LogP contribution in [0.5, 0.6) is 0 Å². The van der Waals surface area contributed by atoms with E-state index in [4.69, 9.17) is 0 Å². The normalized spacial score (nSPS) is 14.4. The first-order valence-electron chi connectivity index (χ1n) is 6.50. The summed E-state index contributed by atoms with van der Waals surface area (Å²) in [5.41, 5.74) is 0. The minimum absolute atomic E-state index is 0.577. The molecule has 0 radical (unpaired) electrons. The quantitative estimate of drug-likeness (QED) is 0.866. The van der Waals surface area contributed by atoms with E-state index < -0.39 is 0 Å². The summed E-state index contributed by atoms with van der Waals surface area (Å²) < 4.78 is 1.78. The van der Waals surface area contributed by atoms with E-state index in [1.54, 1.807) is 17.1 Å². The maximum absolute atomic E-state index is 4.54. The van der Waals surface area contributed by atoms with Crippen molar-refractivity contribution < 1.29 is 0 Å². The van der Waals surface area contributed by atoms with Crippen LogP contribution in [0.25, 0.3) is 5.95 Å². The van der Waals surface area contributed by atoms with Gasteiger partial charge in [0, 0.05) is 32.0 Å². The van der Waals surface area contributed by atoms with Gasteiger partial charge in [-0.2, -0.15) is 15.0 Å². The maximum Gasteiger partial charge on any atom is 0.241 e. The fourth-order valence-corrected chi connectivity index (χ4v) is 2.04. The third-order valence-corrected chi connectivity index (χ3v) is 3.16. The average Bonchev–Trinajstić information content (AvgIpc) is 3.12. The van der Waals surface area contributed by atoms with Gasteiger partial charge in [-0.05, 0) is 19.8 Å². The van der Waals surface area contributed by atoms with E-state index in [0.29, 0.717) is 17.9 Å².